The third-order valence-corrected chi connectivity index (χ3v) is 5.64. The maximum absolute atomic E-state index is 12.5. The average Bonchev–Trinajstić information content (AvgIpc) is 2.62. The topological polar surface area (TPSA) is 131 Å². The Balaban J connectivity index is 1.81. The molecule has 0 radical (unpaired) electrons. The van der Waals surface area contributed by atoms with Gasteiger partial charge >= 0.3 is 0 Å². The number of carbonyl (C=O) groups excluding carboxylic acids is 2. The standard InChI is InChI=1S/C17H14Cl2N4O4S/c18-12-8-13(19)15(28(20,26)27)7-11(12)17(25)21-10-3-1-9(2-4-10)14-5-6-16(24)23-22-14/h1-4,7-8H,5-6H2,(H,21,25)(H,23,24)(H2,20,26,27). The molecule has 28 heavy (non-hydrogen) atoms. The fourth-order valence-electron chi connectivity index (χ4n) is 2.55. The van der Waals surface area contributed by atoms with E-state index in [0.29, 0.717) is 18.5 Å². The van der Waals surface area contributed by atoms with Crippen LogP contribution in [-0.4, -0.2) is 25.9 Å². The van der Waals surface area contributed by atoms with Crippen LogP contribution in [0.25, 0.3) is 0 Å². The SMILES string of the molecule is NS(=O)(=O)c1cc(C(=O)Nc2ccc(C3=NNC(=O)CC3)cc2)c(Cl)cc1Cl. The van der Waals surface area contributed by atoms with Crippen molar-refractivity contribution in [1.82, 2.24) is 5.43 Å². The number of nitrogens with one attached hydrogen (secondary N) is 2. The van der Waals surface area contributed by atoms with Crippen LogP contribution in [0, 0.1) is 0 Å². The van der Waals surface area contributed by atoms with Crippen LogP contribution in [0.3, 0.4) is 0 Å². The number of hydrogen-bond donors (Lipinski definition) is 3. The number of nitrogens with two attached hydrogens (primary N) is 1. The van der Waals surface area contributed by atoms with Gasteiger partial charge in [-0.3, -0.25) is 9.59 Å². The molecule has 0 fully saturated rings. The highest BCUT2D eigenvalue weighted by Crippen LogP contribution is 2.28. The smallest absolute Gasteiger partial charge is 0.257 e. The lowest BCUT2D eigenvalue weighted by atomic mass is 10.0. The van der Waals surface area contributed by atoms with Crippen LogP contribution >= 0.6 is 23.2 Å². The van der Waals surface area contributed by atoms with E-state index in [1.165, 1.54) is 0 Å². The van der Waals surface area contributed by atoms with Crippen molar-refractivity contribution in [3.05, 3.63) is 57.6 Å². The van der Waals surface area contributed by atoms with Crippen LogP contribution in [0.1, 0.15) is 28.8 Å². The summed E-state index contributed by atoms with van der Waals surface area (Å²) in [7, 11) is -4.11. The van der Waals surface area contributed by atoms with Crippen molar-refractivity contribution in [1.29, 1.82) is 0 Å². The first kappa shape index (κ1) is 20.3. The molecule has 3 rings (SSSR count). The summed E-state index contributed by atoms with van der Waals surface area (Å²) in [6, 6.07) is 8.96. The van der Waals surface area contributed by atoms with Crippen molar-refractivity contribution in [2.24, 2.45) is 10.2 Å². The number of hydrazone groups is 1. The van der Waals surface area contributed by atoms with Gasteiger partial charge in [0.2, 0.25) is 15.9 Å². The van der Waals surface area contributed by atoms with Gasteiger partial charge in [-0.2, -0.15) is 5.10 Å². The Morgan fingerprint density at radius 1 is 1.11 bits per heavy atom. The maximum Gasteiger partial charge on any atom is 0.257 e. The summed E-state index contributed by atoms with van der Waals surface area (Å²) in [4.78, 5) is 23.3. The van der Waals surface area contributed by atoms with Crippen LogP contribution in [0.4, 0.5) is 5.69 Å². The largest absolute Gasteiger partial charge is 0.322 e. The first-order valence-corrected chi connectivity index (χ1v) is 10.2. The molecule has 0 saturated heterocycles. The molecule has 146 valence electrons. The average molecular weight is 441 g/mol. The molecule has 4 N–H and O–H groups in total. The van der Waals surface area contributed by atoms with Crippen molar-refractivity contribution in [2.45, 2.75) is 17.7 Å². The molecule has 11 heteroatoms. The molecule has 2 amide bonds. The van der Waals surface area contributed by atoms with Gasteiger partial charge in [0.05, 0.1) is 21.3 Å². The number of hydrogen-bond acceptors (Lipinski definition) is 5. The van der Waals surface area contributed by atoms with Crippen molar-refractivity contribution in [3.63, 3.8) is 0 Å². The van der Waals surface area contributed by atoms with Crippen LogP contribution < -0.4 is 15.9 Å². The second-order valence-corrected chi connectivity index (χ2v) is 8.28. The van der Waals surface area contributed by atoms with E-state index in [2.05, 4.69) is 15.8 Å². The third-order valence-electron chi connectivity index (χ3n) is 3.95. The van der Waals surface area contributed by atoms with Gasteiger partial charge in [-0.15, -0.1) is 0 Å². The summed E-state index contributed by atoms with van der Waals surface area (Å²) >= 11 is 11.9. The second-order valence-electron chi connectivity index (χ2n) is 5.93. The van der Waals surface area contributed by atoms with Gasteiger partial charge in [-0.05, 0) is 29.8 Å². The quantitative estimate of drug-likeness (QED) is 0.673. The van der Waals surface area contributed by atoms with Crippen molar-refractivity contribution in [3.8, 4) is 0 Å². The van der Waals surface area contributed by atoms with E-state index in [9.17, 15) is 18.0 Å². The van der Waals surface area contributed by atoms with Gasteiger partial charge in [0.25, 0.3) is 5.91 Å². The summed E-state index contributed by atoms with van der Waals surface area (Å²) in [5.41, 5.74) is 4.33. The van der Waals surface area contributed by atoms with Crippen molar-refractivity contribution in [2.75, 3.05) is 5.32 Å². The number of primary sulfonamides is 1. The lowest BCUT2D eigenvalue weighted by Crippen LogP contribution is -2.25. The number of halogens is 2. The Bertz CT molecular complexity index is 1100. The van der Waals surface area contributed by atoms with E-state index in [0.717, 1.165) is 23.4 Å². The summed E-state index contributed by atoms with van der Waals surface area (Å²) in [5.74, 6) is -0.757. The molecule has 8 nitrogen and oxygen atoms in total. The van der Waals surface area contributed by atoms with Gasteiger partial charge in [-0.25, -0.2) is 19.0 Å². The van der Waals surface area contributed by atoms with E-state index in [1.807, 2.05) is 0 Å². The van der Waals surface area contributed by atoms with E-state index in [1.54, 1.807) is 24.3 Å². The van der Waals surface area contributed by atoms with Gasteiger partial charge in [0, 0.05) is 18.5 Å². The normalized spacial score (nSPS) is 14.2. The van der Waals surface area contributed by atoms with Crippen molar-refractivity contribution >= 4 is 56.4 Å². The Morgan fingerprint density at radius 3 is 2.36 bits per heavy atom. The highest BCUT2D eigenvalue weighted by Gasteiger charge is 2.20. The zero-order valence-corrected chi connectivity index (χ0v) is 16.5. The lowest BCUT2D eigenvalue weighted by molar-refractivity contribution is -0.121. The minimum atomic E-state index is -4.11. The van der Waals surface area contributed by atoms with Crippen LogP contribution in [0.15, 0.2) is 46.4 Å². The molecule has 0 spiro atoms. The highest BCUT2D eigenvalue weighted by molar-refractivity contribution is 7.89. The Kier molecular flexibility index (Phi) is 5.71. The van der Waals surface area contributed by atoms with E-state index in [-0.39, 0.29) is 21.5 Å². The number of nitrogens with zero attached hydrogens (tertiary/aromatic N) is 1. The van der Waals surface area contributed by atoms with Gasteiger partial charge < -0.3 is 5.32 Å². The fourth-order valence-corrected chi connectivity index (χ4v) is 3.95. The number of carbonyl (C=O) groups is 2. The molecule has 0 atom stereocenters. The molecular formula is C17H14Cl2N4O4S. The lowest BCUT2D eigenvalue weighted by Gasteiger charge is -2.13. The summed E-state index contributed by atoms with van der Waals surface area (Å²) in [5, 5.41) is 11.5. The summed E-state index contributed by atoms with van der Waals surface area (Å²) in [6.45, 7) is 0. The van der Waals surface area contributed by atoms with E-state index >= 15 is 0 Å². The first-order chi connectivity index (χ1) is 13.1. The Labute approximate surface area is 170 Å². The zero-order valence-electron chi connectivity index (χ0n) is 14.2. The van der Waals surface area contributed by atoms with Crippen LogP contribution in [-0.2, 0) is 14.8 Å². The minimum absolute atomic E-state index is 0.0150. The zero-order chi connectivity index (χ0) is 20.5. The molecule has 1 heterocycles. The number of amides is 2. The molecule has 1 aliphatic rings. The van der Waals surface area contributed by atoms with E-state index in [4.69, 9.17) is 28.3 Å². The molecule has 2 aromatic rings. The number of benzene rings is 2. The molecular weight excluding hydrogens is 427 g/mol. The Morgan fingerprint density at radius 2 is 1.79 bits per heavy atom. The predicted octanol–water partition coefficient (Wildman–Crippen LogP) is 2.51. The second kappa shape index (κ2) is 7.88. The molecule has 0 bridgehead atoms. The van der Waals surface area contributed by atoms with Crippen LogP contribution in [0.5, 0.6) is 0 Å². The molecule has 0 unspecified atom stereocenters. The minimum Gasteiger partial charge on any atom is -0.322 e. The molecule has 2 aromatic carbocycles. The number of rotatable bonds is 4. The van der Waals surface area contributed by atoms with Crippen LogP contribution in [0.2, 0.25) is 10.0 Å². The third kappa shape index (κ3) is 4.50. The van der Waals surface area contributed by atoms with Gasteiger partial charge in [-0.1, -0.05) is 35.3 Å². The molecule has 0 aliphatic carbocycles. The summed E-state index contributed by atoms with van der Waals surface area (Å²) in [6.07, 6.45) is 0.882. The van der Waals surface area contributed by atoms with Gasteiger partial charge in [0.15, 0.2) is 0 Å². The van der Waals surface area contributed by atoms with Crippen molar-refractivity contribution < 1.29 is 18.0 Å². The number of anilines is 1. The van der Waals surface area contributed by atoms with E-state index < -0.39 is 20.8 Å². The maximum atomic E-state index is 12.5. The molecule has 0 saturated carbocycles. The molecule has 0 aromatic heterocycles. The monoisotopic (exact) mass is 440 g/mol. The molecule has 1 aliphatic heterocycles. The summed E-state index contributed by atoms with van der Waals surface area (Å²) < 4.78 is 23.2. The Hall–Kier alpha value is -2.46. The van der Waals surface area contributed by atoms with Gasteiger partial charge in [0.1, 0.15) is 4.90 Å². The highest BCUT2D eigenvalue weighted by atomic mass is 35.5. The fraction of sp³-hybridized carbons (Fsp3) is 0.118. The predicted molar refractivity (Wildman–Crippen MR) is 106 cm³/mol. The first-order valence-electron chi connectivity index (χ1n) is 7.94. The number of sulfonamides is 1.